The van der Waals surface area contributed by atoms with Crippen LogP contribution in [0, 0.1) is 23.3 Å². The van der Waals surface area contributed by atoms with E-state index in [4.69, 9.17) is 5.73 Å². The molecule has 0 radical (unpaired) electrons. The lowest BCUT2D eigenvalue weighted by molar-refractivity contribution is -0.132. The number of likely N-dealkylation sites (tertiary alicyclic amines) is 1. The molecule has 2 atom stereocenters. The molecular weight excluding hydrogens is 372 g/mol. The number of amides is 1. The zero-order chi connectivity index (χ0) is 20.3. The first-order valence-electron chi connectivity index (χ1n) is 9.26. The predicted molar refractivity (Wildman–Crippen MR) is 97.5 cm³/mol. The lowest BCUT2D eigenvalue weighted by Gasteiger charge is -2.26. The van der Waals surface area contributed by atoms with Crippen LogP contribution in [0.2, 0.25) is 0 Å². The van der Waals surface area contributed by atoms with Gasteiger partial charge < -0.3 is 10.6 Å². The molecule has 1 saturated heterocycles. The highest BCUT2D eigenvalue weighted by Gasteiger charge is 2.29. The molecule has 1 aliphatic rings. The summed E-state index contributed by atoms with van der Waals surface area (Å²) < 4.78 is 53.5. The van der Waals surface area contributed by atoms with Crippen molar-refractivity contribution in [3.8, 4) is 0 Å². The van der Waals surface area contributed by atoms with E-state index in [9.17, 15) is 22.4 Å². The number of carbonyl (C=O) groups excluding carboxylic acids is 1. The normalized spacial score (nSPS) is 17.8. The van der Waals surface area contributed by atoms with Crippen molar-refractivity contribution in [2.45, 2.75) is 44.2 Å². The molecule has 1 aliphatic heterocycles. The maximum absolute atomic E-state index is 13.8. The van der Waals surface area contributed by atoms with E-state index in [1.54, 1.807) is 11.0 Å². The van der Waals surface area contributed by atoms with Crippen molar-refractivity contribution >= 4 is 5.91 Å². The molecule has 28 heavy (non-hydrogen) atoms. The highest BCUT2D eigenvalue weighted by atomic mass is 19.2. The van der Waals surface area contributed by atoms with Gasteiger partial charge >= 0.3 is 0 Å². The Labute approximate surface area is 161 Å². The van der Waals surface area contributed by atoms with E-state index >= 15 is 0 Å². The molecule has 0 spiro atoms. The number of rotatable bonds is 6. The summed E-state index contributed by atoms with van der Waals surface area (Å²) in [5.41, 5.74) is 6.73. The summed E-state index contributed by atoms with van der Waals surface area (Å²) in [4.78, 5) is 14.4. The third-order valence-electron chi connectivity index (χ3n) is 5.07. The summed E-state index contributed by atoms with van der Waals surface area (Å²) in [6, 6.07) is 6.78. The Morgan fingerprint density at radius 1 is 1.11 bits per heavy atom. The smallest absolute Gasteiger partial charge is 0.224 e. The molecule has 2 aromatic carbocycles. The van der Waals surface area contributed by atoms with E-state index in [1.807, 2.05) is 6.07 Å². The summed E-state index contributed by atoms with van der Waals surface area (Å²) in [6.07, 6.45) is 2.11. The highest BCUT2D eigenvalue weighted by molar-refractivity contribution is 5.77. The predicted octanol–water partition coefficient (Wildman–Crippen LogP) is 3.74. The van der Waals surface area contributed by atoms with Crippen molar-refractivity contribution in [1.29, 1.82) is 0 Å². The summed E-state index contributed by atoms with van der Waals surface area (Å²) in [7, 11) is 0. The molecule has 7 heteroatoms. The van der Waals surface area contributed by atoms with Crippen molar-refractivity contribution in [1.82, 2.24) is 4.90 Å². The van der Waals surface area contributed by atoms with E-state index < -0.39 is 23.5 Å². The fraction of sp³-hybridized carbons (Fsp3) is 0.381. The Bertz CT molecular complexity index is 858. The minimum atomic E-state index is -1.26. The minimum absolute atomic E-state index is 0.0297. The molecule has 150 valence electrons. The molecule has 3 rings (SSSR count). The fourth-order valence-electron chi connectivity index (χ4n) is 3.73. The molecule has 2 N–H and O–H groups in total. The van der Waals surface area contributed by atoms with Gasteiger partial charge in [0.1, 0.15) is 11.6 Å². The molecule has 1 fully saturated rings. The van der Waals surface area contributed by atoms with Crippen LogP contribution in [0.4, 0.5) is 17.6 Å². The van der Waals surface area contributed by atoms with Gasteiger partial charge in [0.25, 0.3) is 0 Å². The van der Waals surface area contributed by atoms with Crippen LogP contribution in [-0.2, 0) is 17.6 Å². The SMILES string of the molecule is N[C@@H](CC(=O)N1CCC[C@H]1Cc1cccc(F)c1)Cc1cc(F)c(F)cc1F. The van der Waals surface area contributed by atoms with Crippen molar-refractivity contribution in [2.75, 3.05) is 6.54 Å². The molecule has 3 nitrogen and oxygen atoms in total. The van der Waals surface area contributed by atoms with Gasteiger partial charge in [-0.2, -0.15) is 0 Å². The maximum atomic E-state index is 13.8. The lowest BCUT2D eigenvalue weighted by atomic mass is 10.0. The Morgan fingerprint density at radius 3 is 2.61 bits per heavy atom. The van der Waals surface area contributed by atoms with Crippen molar-refractivity contribution in [2.24, 2.45) is 5.73 Å². The van der Waals surface area contributed by atoms with Crippen molar-refractivity contribution in [3.63, 3.8) is 0 Å². The van der Waals surface area contributed by atoms with Gasteiger partial charge in [-0.15, -0.1) is 0 Å². The number of carbonyl (C=O) groups is 1. The van der Waals surface area contributed by atoms with Gasteiger partial charge in [-0.3, -0.25) is 4.79 Å². The third-order valence-corrected chi connectivity index (χ3v) is 5.07. The topological polar surface area (TPSA) is 46.3 Å². The van der Waals surface area contributed by atoms with Gasteiger partial charge in [-0.1, -0.05) is 12.1 Å². The molecule has 0 aliphatic carbocycles. The number of benzene rings is 2. The second kappa shape index (κ2) is 8.73. The van der Waals surface area contributed by atoms with Crippen LogP contribution in [0.1, 0.15) is 30.4 Å². The monoisotopic (exact) mass is 394 g/mol. The van der Waals surface area contributed by atoms with Gasteiger partial charge in [0.05, 0.1) is 0 Å². The summed E-state index contributed by atoms with van der Waals surface area (Å²) in [5.74, 6) is -3.78. The van der Waals surface area contributed by atoms with Crippen LogP contribution in [0.5, 0.6) is 0 Å². The van der Waals surface area contributed by atoms with Crippen LogP contribution < -0.4 is 5.73 Å². The zero-order valence-electron chi connectivity index (χ0n) is 15.3. The summed E-state index contributed by atoms with van der Waals surface area (Å²) in [5, 5.41) is 0. The van der Waals surface area contributed by atoms with Crippen LogP contribution >= 0.6 is 0 Å². The molecule has 1 amide bonds. The van der Waals surface area contributed by atoms with Crippen molar-refractivity contribution < 1.29 is 22.4 Å². The molecule has 0 bridgehead atoms. The number of hydrogen-bond donors (Lipinski definition) is 1. The number of nitrogens with zero attached hydrogens (tertiary/aromatic N) is 1. The van der Waals surface area contributed by atoms with E-state index in [2.05, 4.69) is 0 Å². The van der Waals surface area contributed by atoms with E-state index in [1.165, 1.54) is 12.1 Å². The van der Waals surface area contributed by atoms with Gasteiger partial charge in [-0.05, 0) is 55.0 Å². The first-order valence-corrected chi connectivity index (χ1v) is 9.26. The molecule has 0 saturated carbocycles. The summed E-state index contributed by atoms with van der Waals surface area (Å²) in [6.45, 7) is 0.588. The number of hydrogen-bond acceptors (Lipinski definition) is 2. The molecule has 1 heterocycles. The first-order chi connectivity index (χ1) is 13.3. The van der Waals surface area contributed by atoms with E-state index in [0.717, 1.165) is 24.5 Å². The second-order valence-electron chi connectivity index (χ2n) is 7.24. The van der Waals surface area contributed by atoms with Crippen LogP contribution in [0.3, 0.4) is 0 Å². The largest absolute Gasteiger partial charge is 0.339 e. The van der Waals surface area contributed by atoms with Gasteiger partial charge in [0.15, 0.2) is 11.6 Å². The average Bonchev–Trinajstić information content (AvgIpc) is 3.08. The second-order valence-corrected chi connectivity index (χ2v) is 7.24. The molecular formula is C21H22F4N2O. The number of nitrogens with two attached hydrogens (primary N) is 1. The van der Waals surface area contributed by atoms with Crippen LogP contribution in [-0.4, -0.2) is 29.4 Å². The zero-order valence-corrected chi connectivity index (χ0v) is 15.3. The Balaban J connectivity index is 1.60. The van der Waals surface area contributed by atoms with Gasteiger partial charge in [0, 0.05) is 31.1 Å². The van der Waals surface area contributed by atoms with Crippen molar-refractivity contribution in [3.05, 3.63) is 70.8 Å². The lowest BCUT2D eigenvalue weighted by Crippen LogP contribution is -2.40. The van der Waals surface area contributed by atoms with Crippen LogP contribution in [0.25, 0.3) is 0 Å². The standard InChI is InChI=1S/C21H22F4N2O/c22-15-4-1-3-13(7-15)8-17-5-2-6-27(17)21(28)11-16(26)9-14-10-19(24)20(25)12-18(14)23/h1,3-4,7,10,12,16-17H,2,5-6,8-9,11,26H2/t16-,17+/m1/s1. The number of halogens is 4. The highest BCUT2D eigenvalue weighted by Crippen LogP contribution is 2.23. The minimum Gasteiger partial charge on any atom is -0.339 e. The van der Waals surface area contributed by atoms with E-state index in [-0.39, 0.29) is 36.2 Å². The summed E-state index contributed by atoms with van der Waals surface area (Å²) >= 11 is 0. The Kier molecular flexibility index (Phi) is 6.34. The Morgan fingerprint density at radius 2 is 1.86 bits per heavy atom. The van der Waals surface area contributed by atoms with E-state index in [0.29, 0.717) is 19.0 Å². The molecule has 2 aromatic rings. The third kappa shape index (κ3) is 4.90. The average molecular weight is 394 g/mol. The first kappa shape index (κ1) is 20.3. The maximum Gasteiger partial charge on any atom is 0.224 e. The van der Waals surface area contributed by atoms with Crippen LogP contribution in [0.15, 0.2) is 36.4 Å². The Hall–Kier alpha value is -2.41. The van der Waals surface area contributed by atoms with Gasteiger partial charge in [-0.25, -0.2) is 17.6 Å². The quantitative estimate of drug-likeness (QED) is 0.599. The molecule has 0 aromatic heterocycles. The fourth-order valence-corrected chi connectivity index (χ4v) is 3.73. The van der Waals surface area contributed by atoms with Gasteiger partial charge in [0.2, 0.25) is 5.91 Å². The molecule has 0 unspecified atom stereocenters.